The van der Waals surface area contributed by atoms with E-state index < -0.39 is 0 Å². The zero-order valence-corrected chi connectivity index (χ0v) is 9.31. The first-order valence-electron chi connectivity index (χ1n) is 6.55. The van der Waals surface area contributed by atoms with E-state index in [9.17, 15) is 10.2 Å². The third-order valence-electron chi connectivity index (χ3n) is 5.44. The Hall–Kier alpha value is -0.0800. The van der Waals surface area contributed by atoms with Gasteiger partial charge in [-0.05, 0) is 67.6 Å². The van der Waals surface area contributed by atoms with E-state index in [1.807, 2.05) is 0 Å². The molecule has 0 radical (unpaired) electrons. The zero-order chi connectivity index (χ0) is 10.4. The fraction of sp³-hybridized carbons (Fsp3) is 1.00. The summed E-state index contributed by atoms with van der Waals surface area (Å²) >= 11 is 0. The van der Waals surface area contributed by atoms with Gasteiger partial charge in [-0.25, -0.2) is 0 Å². The lowest BCUT2D eigenvalue weighted by atomic mass is 9.53. The number of aliphatic hydroxyl groups is 2. The standard InChI is InChI=1S/C13H22O2/c14-6-8-3-9-1-2-10-5-11(7-15)13(10)12(9)4-8/h8-15H,1-7H2. The van der Waals surface area contributed by atoms with Gasteiger partial charge < -0.3 is 10.2 Å². The molecule has 2 N–H and O–H groups in total. The molecular weight excluding hydrogens is 188 g/mol. The van der Waals surface area contributed by atoms with Crippen molar-refractivity contribution in [3.63, 3.8) is 0 Å². The van der Waals surface area contributed by atoms with Crippen LogP contribution in [0.3, 0.4) is 0 Å². The smallest absolute Gasteiger partial charge is 0.0462 e. The minimum Gasteiger partial charge on any atom is -0.396 e. The Labute approximate surface area is 91.7 Å². The third kappa shape index (κ3) is 1.45. The molecule has 0 bridgehead atoms. The molecule has 0 amide bonds. The van der Waals surface area contributed by atoms with Crippen molar-refractivity contribution in [2.24, 2.45) is 35.5 Å². The van der Waals surface area contributed by atoms with Crippen LogP contribution >= 0.6 is 0 Å². The second-order valence-electron chi connectivity index (χ2n) is 6.04. The lowest BCUT2D eigenvalue weighted by Crippen LogP contribution is -2.47. The van der Waals surface area contributed by atoms with Crippen LogP contribution in [-0.4, -0.2) is 23.4 Å². The van der Waals surface area contributed by atoms with Crippen molar-refractivity contribution in [1.29, 1.82) is 0 Å². The molecule has 2 nitrogen and oxygen atoms in total. The summed E-state index contributed by atoms with van der Waals surface area (Å²) in [6, 6.07) is 0. The van der Waals surface area contributed by atoms with E-state index in [0.29, 0.717) is 25.0 Å². The summed E-state index contributed by atoms with van der Waals surface area (Å²) in [5.41, 5.74) is 0. The van der Waals surface area contributed by atoms with Crippen LogP contribution in [0.1, 0.15) is 32.1 Å². The number of hydrogen-bond donors (Lipinski definition) is 2. The summed E-state index contributed by atoms with van der Waals surface area (Å²) in [5, 5.41) is 18.6. The molecule has 0 heterocycles. The molecule has 86 valence electrons. The average Bonchev–Trinajstić information content (AvgIpc) is 2.60. The molecule has 0 saturated heterocycles. The Balaban J connectivity index is 1.72. The van der Waals surface area contributed by atoms with Crippen LogP contribution in [0.4, 0.5) is 0 Å². The minimum atomic E-state index is 0.383. The maximum atomic E-state index is 9.32. The number of hydrogen-bond acceptors (Lipinski definition) is 2. The monoisotopic (exact) mass is 210 g/mol. The molecule has 3 aliphatic rings. The lowest BCUT2D eigenvalue weighted by molar-refractivity contribution is -0.0619. The van der Waals surface area contributed by atoms with Gasteiger partial charge in [-0.15, -0.1) is 0 Å². The van der Waals surface area contributed by atoms with Crippen molar-refractivity contribution < 1.29 is 10.2 Å². The molecule has 0 aromatic carbocycles. The molecule has 0 aromatic heterocycles. The predicted octanol–water partition coefficient (Wildman–Crippen LogP) is 1.66. The minimum absolute atomic E-state index is 0.383. The summed E-state index contributed by atoms with van der Waals surface area (Å²) < 4.78 is 0. The molecule has 3 aliphatic carbocycles. The van der Waals surface area contributed by atoms with Crippen LogP contribution in [-0.2, 0) is 0 Å². The molecule has 0 spiro atoms. The van der Waals surface area contributed by atoms with Crippen molar-refractivity contribution in [2.75, 3.05) is 13.2 Å². The van der Waals surface area contributed by atoms with E-state index in [2.05, 4.69) is 0 Å². The SMILES string of the molecule is OCC1CC2CCC3CC(CO)C3C2C1. The fourth-order valence-corrected chi connectivity index (χ4v) is 4.75. The van der Waals surface area contributed by atoms with Crippen LogP contribution in [0.5, 0.6) is 0 Å². The second kappa shape index (κ2) is 3.74. The maximum Gasteiger partial charge on any atom is 0.0462 e. The molecule has 0 aliphatic heterocycles. The van der Waals surface area contributed by atoms with E-state index in [0.717, 1.165) is 23.7 Å². The van der Waals surface area contributed by atoms with Crippen LogP contribution in [0.15, 0.2) is 0 Å². The highest BCUT2D eigenvalue weighted by atomic mass is 16.3. The highest BCUT2D eigenvalue weighted by molar-refractivity contribution is 5.01. The summed E-state index contributed by atoms with van der Waals surface area (Å²) in [5.74, 6) is 4.61. The molecule has 3 rings (SSSR count). The van der Waals surface area contributed by atoms with Gasteiger partial charge in [0.25, 0.3) is 0 Å². The van der Waals surface area contributed by atoms with Crippen LogP contribution in [0, 0.1) is 35.5 Å². The molecule has 6 atom stereocenters. The van der Waals surface area contributed by atoms with Gasteiger partial charge in [0.05, 0.1) is 0 Å². The molecule has 0 aromatic rings. The molecule has 3 fully saturated rings. The molecule has 3 saturated carbocycles. The topological polar surface area (TPSA) is 40.5 Å². The Bertz CT molecular complexity index is 237. The molecule has 2 heteroatoms. The third-order valence-corrected chi connectivity index (χ3v) is 5.44. The predicted molar refractivity (Wildman–Crippen MR) is 58.2 cm³/mol. The maximum absolute atomic E-state index is 9.32. The quantitative estimate of drug-likeness (QED) is 0.727. The number of fused-ring (bicyclic) bond motifs is 3. The molecule has 15 heavy (non-hydrogen) atoms. The summed E-state index contributed by atoms with van der Waals surface area (Å²) in [6.07, 6.45) is 6.54. The average molecular weight is 210 g/mol. The highest BCUT2D eigenvalue weighted by Gasteiger charge is 2.52. The van der Waals surface area contributed by atoms with Gasteiger partial charge in [0.15, 0.2) is 0 Å². The van der Waals surface area contributed by atoms with Gasteiger partial charge in [0.1, 0.15) is 0 Å². The van der Waals surface area contributed by atoms with Gasteiger partial charge in [-0.3, -0.25) is 0 Å². The Morgan fingerprint density at radius 2 is 1.67 bits per heavy atom. The van der Waals surface area contributed by atoms with Crippen molar-refractivity contribution >= 4 is 0 Å². The lowest BCUT2D eigenvalue weighted by Gasteiger charge is -2.53. The van der Waals surface area contributed by atoms with E-state index >= 15 is 0 Å². The van der Waals surface area contributed by atoms with Crippen molar-refractivity contribution in [3.8, 4) is 0 Å². The number of rotatable bonds is 2. The van der Waals surface area contributed by atoms with Gasteiger partial charge in [0, 0.05) is 13.2 Å². The fourth-order valence-electron chi connectivity index (χ4n) is 4.75. The second-order valence-corrected chi connectivity index (χ2v) is 6.04. The van der Waals surface area contributed by atoms with Gasteiger partial charge >= 0.3 is 0 Å². The van der Waals surface area contributed by atoms with Crippen LogP contribution in [0.2, 0.25) is 0 Å². The molecular formula is C13H22O2. The highest BCUT2D eigenvalue weighted by Crippen LogP contribution is 2.59. The first-order valence-corrected chi connectivity index (χ1v) is 6.55. The van der Waals surface area contributed by atoms with E-state index in [4.69, 9.17) is 0 Å². The summed E-state index contributed by atoms with van der Waals surface area (Å²) in [4.78, 5) is 0. The largest absolute Gasteiger partial charge is 0.396 e. The zero-order valence-electron chi connectivity index (χ0n) is 9.31. The van der Waals surface area contributed by atoms with E-state index in [-0.39, 0.29) is 0 Å². The van der Waals surface area contributed by atoms with Crippen LogP contribution < -0.4 is 0 Å². The summed E-state index contributed by atoms with van der Waals surface area (Å²) in [7, 11) is 0. The van der Waals surface area contributed by atoms with Crippen molar-refractivity contribution in [3.05, 3.63) is 0 Å². The van der Waals surface area contributed by atoms with Gasteiger partial charge in [0.2, 0.25) is 0 Å². The van der Waals surface area contributed by atoms with Crippen molar-refractivity contribution in [2.45, 2.75) is 32.1 Å². The first kappa shape index (κ1) is 10.1. The molecule has 6 unspecified atom stereocenters. The van der Waals surface area contributed by atoms with Crippen molar-refractivity contribution in [1.82, 2.24) is 0 Å². The van der Waals surface area contributed by atoms with Gasteiger partial charge in [-0.2, -0.15) is 0 Å². The normalized spacial score (nSPS) is 53.2. The summed E-state index contributed by atoms with van der Waals surface area (Å²) in [6.45, 7) is 0.780. The van der Waals surface area contributed by atoms with Crippen LogP contribution in [0.25, 0.3) is 0 Å². The number of aliphatic hydroxyl groups excluding tert-OH is 2. The first-order chi connectivity index (χ1) is 7.33. The van der Waals surface area contributed by atoms with E-state index in [1.54, 1.807) is 0 Å². The van der Waals surface area contributed by atoms with E-state index in [1.165, 1.54) is 32.1 Å². The van der Waals surface area contributed by atoms with Gasteiger partial charge in [-0.1, -0.05) is 0 Å². The Morgan fingerprint density at radius 1 is 0.867 bits per heavy atom. The Kier molecular flexibility index (Phi) is 2.52. The Morgan fingerprint density at radius 3 is 2.40 bits per heavy atom.